The molecule has 2 N–H and O–H groups in total. The zero-order valence-corrected chi connectivity index (χ0v) is 11.9. The highest BCUT2D eigenvalue weighted by Crippen LogP contribution is 2.26. The zero-order chi connectivity index (χ0) is 13.1. The number of carbonyl (C=O) groups excluding carboxylic acids is 1. The van der Waals surface area contributed by atoms with E-state index in [-0.39, 0.29) is 17.5 Å². The van der Waals surface area contributed by atoms with E-state index in [1.54, 1.807) is 23.9 Å². The molecule has 0 bridgehead atoms. The summed E-state index contributed by atoms with van der Waals surface area (Å²) in [5.41, 5.74) is 0.260. The predicted octanol–water partition coefficient (Wildman–Crippen LogP) is 2.52. The molecule has 0 spiro atoms. The monoisotopic (exact) mass is 329 g/mol. The number of benzene rings is 1. The van der Waals surface area contributed by atoms with Crippen LogP contribution in [0.2, 0.25) is 0 Å². The fourth-order valence-electron chi connectivity index (χ4n) is 1.76. The quantitative estimate of drug-likeness (QED) is 0.833. The van der Waals surface area contributed by atoms with Gasteiger partial charge in [-0.25, -0.2) is 4.79 Å². The van der Waals surface area contributed by atoms with Crippen LogP contribution in [0.5, 0.6) is 0 Å². The number of carbonyl (C=O) groups is 2. The highest BCUT2D eigenvalue weighted by molar-refractivity contribution is 9.10. The van der Waals surface area contributed by atoms with Crippen molar-refractivity contribution in [2.24, 2.45) is 0 Å². The number of amides is 1. The van der Waals surface area contributed by atoms with E-state index < -0.39 is 5.97 Å². The van der Waals surface area contributed by atoms with Gasteiger partial charge in [-0.15, -0.1) is 11.8 Å². The van der Waals surface area contributed by atoms with Gasteiger partial charge in [-0.2, -0.15) is 0 Å². The van der Waals surface area contributed by atoms with E-state index in [9.17, 15) is 9.59 Å². The fourth-order valence-corrected chi connectivity index (χ4v) is 3.18. The van der Waals surface area contributed by atoms with E-state index in [2.05, 4.69) is 21.2 Å². The Morgan fingerprint density at radius 2 is 2.33 bits per heavy atom. The van der Waals surface area contributed by atoms with E-state index in [0.29, 0.717) is 10.9 Å². The SMILES string of the molecule is O=C1CCC(CSc2ccc(Br)c(C(=O)O)c2)N1. The minimum Gasteiger partial charge on any atom is -0.478 e. The molecule has 1 aliphatic heterocycles. The molecule has 1 aromatic carbocycles. The van der Waals surface area contributed by atoms with Gasteiger partial charge in [0.2, 0.25) is 5.91 Å². The second-order valence-corrected chi connectivity index (χ2v) is 6.01. The lowest BCUT2D eigenvalue weighted by molar-refractivity contribution is -0.119. The van der Waals surface area contributed by atoms with Crippen molar-refractivity contribution < 1.29 is 14.7 Å². The average Bonchev–Trinajstić information content (AvgIpc) is 2.74. The van der Waals surface area contributed by atoms with E-state index in [1.165, 1.54) is 0 Å². The summed E-state index contributed by atoms with van der Waals surface area (Å²) in [4.78, 5) is 22.9. The standard InChI is InChI=1S/C12H12BrNO3S/c13-10-3-2-8(5-9(10)12(16)17)18-6-7-1-4-11(15)14-7/h2-3,5,7H,1,4,6H2,(H,14,15)(H,16,17). The molecular formula is C12H12BrNO3S. The van der Waals surface area contributed by atoms with Crippen LogP contribution >= 0.6 is 27.7 Å². The molecule has 18 heavy (non-hydrogen) atoms. The zero-order valence-electron chi connectivity index (χ0n) is 9.48. The molecule has 0 aliphatic carbocycles. The minimum atomic E-state index is -0.946. The average molecular weight is 330 g/mol. The van der Waals surface area contributed by atoms with Crippen LogP contribution in [0.3, 0.4) is 0 Å². The molecule has 6 heteroatoms. The molecule has 1 aromatic rings. The highest BCUT2D eigenvalue weighted by atomic mass is 79.9. The molecule has 1 atom stereocenters. The molecule has 1 aliphatic rings. The summed E-state index contributed by atoms with van der Waals surface area (Å²) < 4.78 is 0.577. The maximum absolute atomic E-state index is 11.0. The number of hydrogen-bond donors (Lipinski definition) is 2. The lowest BCUT2D eigenvalue weighted by Gasteiger charge is -2.10. The van der Waals surface area contributed by atoms with Gasteiger partial charge in [0, 0.05) is 27.6 Å². The molecule has 0 saturated carbocycles. The predicted molar refractivity (Wildman–Crippen MR) is 73.0 cm³/mol. The molecule has 96 valence electrons. The van der Waals surface area contributed by atoms with Gasteiger partial charge in [-0.05, 0) is 40.5 Å². The second kappa shape index (κ2) is 5.75. The van der Waals surface area contributed by atoms with Crippen molar-refractivity contribution >= 4 is 39.6 Å². The smallest absolute Gasteiger partial charge is 0.336 e. The molecule has 0 aromatic heterocycles. The van der Waals surface area contributed by atoms with Crippen molar-refractivity contribution in [3.63, 3.8) is 0 Å². The van der Waals surface area contributed by atoms with Crippen LogP contribution in [0.1, 0.15) is 23.2 Å². The Morgan fingerprint density at radius 1 is 1.56 bits per heavy atom. The van der Waals surface area contributed by atoms with Gasteiger partial charge in [-0.3, -0.25) is 4.79 Å². The highest BCUT2D eigenvalue weighted by Gasteiger charge is 2.20. The third kappa shape index (κ3) is 3.26. The number of halogens is 1. The first kappa shape index (κ1) is 13.4. The molecule has 0 radical (unpaired) electrons. The summed E-state index contributed by atoms with van der Waals surface area (Å²) in [7, 11) is 0. The normalized spacial score (nSPS) is 18.7. The molecule has 1 fully saturated rings. The van der Waals surface area contributed by atoms with Crippen LogP contribution < -0.4 is 5.32 Å². The largest absolute Gasteiger partial charge is 0.478 e. The topological polar surface area (TPSA) is 66.4 Å². The third-order valence-electron chi connectivity index (χ3n) is 2.70. The summed E-state index contributed by atoms with van der Waals surface area (Å²) >= 11 is 4.77. The number of aromatic carboxylic acids is 1. The molecule has 1 heterocycles. The molecule has 4 nitrogen and oxygen atoms in total. The van der Waals surface area contributed by atoms with E-state index in [0.717, 1.165) is 17.1 Å². The number of carboxylic acid groups (broad SMARTS) is 1. The number of thioether (sulfide) groups is 1. The minimum absolute atomic E-state index is 0.0997. The molecule has 2 rings (SSSR count). The Labute approximate surface area is 117 Å². The van der Waals surface area contributed by atoms with Crippen LogP contribution in [0.4, 0.5) is 0 Å². The van der Waals surface area contributed by atoms with Crippen LogP contribution in [-0.2, 0) is 4.79 Å². The maximum atomic E-state index is 11.0. The Kier molecular flexibility index (Phi) is 4.29. The van der Waals surface area contributed by atoms with Gasteiger partial charge in [0.05, 0.1) is 5.56 Å². The third-order valence-corrected chi connectivity index (χ3v) is 4.55. The first-order valence-corrected chi connectivity index (χ1v) is 7.29. The van der Waals surface area contributed by atoms with Crippen LogP contribution in [0.25, 0.3) is 0 Å². The Hall–Kier alpha value is -1.01. The Bertz CT molecular complexity index is 492. The summed E-state index contributed by atoms with van der Waals surface area (Å²) in [5.74, 6) is -0.0759. The molecular weight excluding hydrogens is 318 g/mol. The van der Waals surface area contributed by atoms with Crippen molar-refractivity contribution in [1.29, 1.82) is 0 Å². The van der Waals surface area contributed by atoms with E-state index in [4.69, 9.17) is 5.11 Å². The van der Waals surface area contributed by atoms with Crippen molar-refractivity contribution in [2.75, 3.05) is 5.75 Å². The number of nitrogens with one attached hydrogen (secondary N) is 1. The van der Waals surface area contributed by atoms with Gasteiger partial charge in [0.25, 0.3) is 0 Å². The van der Waals surface area contributed by atoms with E-state index in [1.807, 2.05) is 6.07 Å². The fraction of sp³-hybridized carbons (Fsp3) is 0.333. The molecule has 1 saturated heterocycles. The van der Waals surface area contributed by atoms with Crippen molar-refractivity contribution in [1.82, 2.24) is 5.32 Å². The van der Waals surface area contributed by atoms with Crippen molar-refractivity contribution in [3.8, 4) is 0 Å². The lowest BCUT2D eigenvalue weighted by Crippen LogP contribution is -2.27. The number of carboxylic acids is 1. The Balaban J connectivity index is 1.99. The van der Waals surface area contributed by atoms with Gasteiger partial charge >= 0.3 is 5.97 Å². The summed E-state index contributed by atoms with van der Waals surface area (Å²) in [6, 6.07) is 5.45. The molecule has 1 unspecified atom stereocenters. The van der Waals surface area contributed by atoms with Crippen LogP contribution in [0, 0.1) is 0 Å². The van der Waals surface area contributed by atoms with Crippen LogP contribution in [0.15, 0.2) is 27.6 Å². The summed E-state index contributed by atoms with van der Waals surface area (Å²) in [6.45, 7) is 0. The van der Waals surface area contributed by atoms with Gasteiger partial charge in [-0.1, -0.05) is 0 Å². The number of hydrogen-bond acceptors (Lipinski definition) is 3. The first-order chi connectivity index (χ1) is 8.56. The van der Waals surface area contributed by atoms with E-state index >= 15 is 0 Å². The Morgan fingerprint density at radius 3 is 2.94 bits per heavy atom. The van der Waals surface area contributed by atoms with Gasteiger partial charge in [0.15, 0.2) is 0 Å². The van der Waals surface area contributed by atoms with Gasteiger partial charge < -0.3 is 10.4 Å². The van der Waals surface area contributed by atoms with Gasteiger partial charge in [0.1, 0.15) is 0 Å². The summed E-state index contributed by atoms with van der Waals surface area (Å²) in [6.07, 6.45) is 1.44. The van der Waals surface area contributed by atoms with Crippen molar-refractivity contribution in [2.45, 2.75) is 23.8 Å². The number of rotatable bonds is 4. The summed E-state index contributed by atoms with van der Waals surface area (Å²) in [5, 5.41) is 11.9. The maximum Gasteiger partial charge on any atom is 0.336 e. The van der Waals surface area contributed by atoms with Crippen LogP contribution in [-0.4, -0.2) is 28.8 Å². The van der Waals surface area contributed by atoms with Crippen molar-refractivity contribution in [3.05, 3.63) is 28.2 Å². The lowest BCUT2D eigenvalue weighted by atomic mass is 10.2. The first-order valence-electron chi connectivity index (χ1n) is 5.51. The second-order valence-electron chi connectivity index (χ2n) is 4.06. The molecule has 1 amide bonds.